The molecule has 0 amide bonds. The lowest BCUT2D eigenvalue weighted by atomic mass is 9.83. The number of ether oxygens (including phenoxy) is 4. The number of hydrogen-bond donors (Lipinski definition) is 1. The summed E-state index contributed by atoms with van der Waals surface area (Å²) in [6.45, 7) is 4.58. The zero-order chi connectivity index (χ0) is 28.9. The maximum atomic E-state index is 13.0. The number of allylic oxidation sites excluding steroid dienone is 1. The predicted molar refractivity (Wildman–Crippen MR) is 154 cm³/mol. The van der Waals surface area contributed by atoms with E-state index in [2.05, 4.69) is 13.0 Å². The van der Waals surface area contributed by atoms with E-state index in [0.717, 1.165) is 30.2 Å². The molecular formula is C33H32N2O6. The molecule has 0 fully saturated rings. The number of furan rings is 1. The molecule has 8 nitrogen and oxygen atoms in total. The molecule has 1 aliphatic heterocycles. The van der Waals surface area contributed by atoms with Crippen LogP contribution >= 0.6 is 0 Å². The highest BCUT2D eigenvalue weighted by Gasteiger charge is 2.32. The van der Waals surface area contributed by atoms with Gasteiger partial charge in [0.15, 0.2) is 11.5 Å². The van der Waals surface area contributed by atoms with Gasteiger partial charge in [-0.25, -0.2) is 4.79 Å². The van der Waals surface area contributed by atoms with Crippen molar-refractivity contribution in [3.8, 4) is 29.1 Å². The molecule has 0 spiro atoms. The third-order valence-electron chi connectivity index (χ3n) is 7.21. The van der Waals surface area contributed by atoms with Gasteiger partial charge in [-0.15, -0.1) is 0 Å². The second kappa shape index (κ2) is 12.1. The van der Waals surface area contributed by atoms with E-state index < -0.39 is 11.9 Å². The molecule has 210 valence electrons. The van der Waals surface area contributed by atoms with Crippen LogP contribution in [-0.4, -0.2) is 19.7 Å². The van der Waals surface area contributed by atoms with Crippen molar-refractivity contribution in [3.05, 3.63) is 94.6 Å². The van der Waals surface area contributed by atoms with Crippen LogP contribution in [0.3, 0.4) is 0 Å². The van der Waals surface area contributed by atoms with Crippen molar-refractivity contribution >= 4 is 16.9 Å². The van der Waals surface area contributed by atoms with Crippen molar-refractivity contribution in [2.75, 3.05) is 13.7 Å². The summed E-state index contributed by atoms with van der Waals surface area (Å²) in [7, 11) is 1.58. The van der Waals surface area contributed by atoms with Gasteiger partial charge in [-0.1, -0.05) is 56.5 Å². The third kappa shape index (κ3) is 5.57. The maximum absolute atomic E-state index is 13.0. The number of nitrogens with zero attached hydrogens (tertiary/aromatic N) is 1. The molecule has 0 saturated heterocycles. The Bertz CT molecular complexity index is 1660. The number of aryl methyl sites for hydroxylation is 1. The zero-order valence-electron chi connectivity index (χ0n) is 23.4. The number of unbranched alkanes of at least 4 members (excludes halogenated alkanes) is 3. The number of nitrogens with two attached hydrogens (primary N) is 1. The smallest absolute Gasteiger partial charge is 0.379 e. The first kappa shape index (κ1) is 27.7. The number of methoxy groups -OCH3 is 1. The van der Waals surface area contributed by atoms with Gasteiger partial charge in [0.25, 0.3) is 0 Å². The number of carbonyl (C=O) groups is 1. The predicted octanol–water partition coefficient (Wildman–Crippen LogP) is 7.15. The summed E-state index contributed by atoms with van der Waals surface area (Å²) in [5.74, 6) is 0.817. The fourth-order valence-electron chi connectivity index (χ4n) is 5.06. The van der Waals surface area contributed by atoms with Crippen molar-refractivity contribution in [2.45, 2.75) is 45.4 Å². The quantitative estimate of drug-likeness (QED) is 0.125. The highest BCUT2D eigenvalue weighted by atomic mass is 16.5. The van der Waals surface area contributed by atoms with E-state index in [9.17, 15) is 10.1 Å². The van der Waals surface area contributed by atoms with Crippen LogP contribution in [0.1, 0.15) is 65.8 Å². The Labute approximate surface area is 238 Å². The molecule has 41 heavy (non-hydrogen) atoms. The van der Waals surface area contributed by atoms with E-state index in [1.807, 2.05) is 43.3 Å². The summed E-state index contributed by atoms with van der Waals surface area (Å²) >= 11 is 0. The lowest BCUT2D eigenvalue weighted by Crippen LogP contribution is -2.21. The molecule has 1 aliphatic rings. The Kier molecular flexibility index (Phi) is 8.16. The Morgan fingerprint density at radius 1 is 1.05 bits per heavy atom. The van der Waals surface area contributed by atoms with Crippen LogP contribution in [0, 0.1) is 18.3 Å². The van der Waals surface area contributed by atoms with Crippen LogP contribution in [0.2, 0.25) is 0 Å². The number of rotatable bonds is 10. The van der Waals surface area contributed by atoms with E-state index in [0.29, 0.717) is 40.6 Å². The van der Waals surface area contributed by atoms with Gasteiger partial charge in [-0.2, -0.15) is 5.26 Å². The van der Waals surface area contributed by atoms with Crippen molar-refractivity contribution in [1.29, 1.82) is 5.26 Å². The summed E-state index contributed by atoms with van der Waals surface area (Å²) in [6, 6.07) is 20.2. The number of para-hydroxylation sites is 1. The molecule has 0 radical (unpaired) electrons. The van der Waals surface area contributed by atoms with E-state index in [-0.39, 0.29) is 23.0 Å². The van der Waals surface area contributed by atoms with Crippen LogP contribution in [-0.2, 0) is 0 Å². The molecule has 1 aromatic heterocycles. The van der Waals surface area contributed by atoms with E-state index in [1.165, 1.54) is 6.42 Å². The molecule has 2 heterocycles. The summed E-state index contributed by atoms with van der Waals surface area (Å²) in [5.41, 5.74) is 9.27. The number of carbonyl (C=O) groups excluding carboxylic acids is 1. The SMILES string of the molecule is CCCCCCOc1ccc(C2C(C#N)=C(N)Oc3cc(OC(=O)c4oc5ccccc5c4C)ccc32)cc1OC. The summed E-state index contributed by atoms with van der Waals surface area (Å²) < 4.78 is 28.8. The Balaban J connectivity index is 1.41. The molecule has 0 saturated carbocycles. The fraction of sp³-hybridized carbons (Fsp3) is 0.273. The van der Waals surface area contributed by atoms with Crippen molar-refractivity contribution in [2.24, 2.45) is 5.73 Å². The van der Waals surface area contributed by atoms with Gasteiger partial charge in [-0.05, 0) is 43.2 Å². The molecule has 2 N–H and O–H groups in total. The minimum atomic E-state index is -0.623. The zero-order valence-corrected chi connectivity index (χ0v) is 23.4. The fourth-order valence-corrected chi connectivity index (χ4v) is 5.06. The molecule has 0 aliphatic carbocycles. The Hall–Kier alpha value is -4.90. The number of esters is 1. The highest BCUT2D eigenvalue weighted by Crippen LogP contribution is 2.45. The summed E-state index contributed by atoms with van der Waals surface area (Å²) in [5, 5.41) is 10.8. The van der Waals surface area contributed by atoms with Gasteiger partial charge < -0.3 is 29.1 Å². The minimum absolute atomic E-state index is 0.0168. The lowest BCUT2D eigenvalue weighted by Gasteiger charge is -2.27. The van der Waals surface area contributed by atoms with Crippen molar-refractivity contribution in [3.63, 3.8) is 0 Å². The molecule has 5 rings (SSSR count). The van der Waals surface area contributed by atoms with Crippen molar-refractivity contribution in [1.82, 2.24) is 0 Å². The number of nitriles is 1. The average molecular weight is 553 g/mol. The van der Waals surface area contributed by atoms with E-state index in [1.54, 1.807) is 31.4 Å². The number of benzene rings is 3. The van der Waals surface area contributed by atoms with Crippen LogP contribution < -0.4 is 24.7 Å². The first-order valence-corrected chi connectivity index (χ1v) is 13.7. The topological polar surface area (TPSA) is 117 Å². The molecule has 0 bridgehead atoms. The van der Waals surface area contributed by atoms with Gasteiger partial charge in [-0.3, -0.25) is 0 Å². The van der Waals surface area contributed by atoms with Gasteiger partial charge in [0.2, 0.25) is 11.6 Å². The van der Waals surface area contributed by atoms with Crippen LogP contribution in [0.25, 0.3) is 11.0 Å². The van der Waals surface area contributed by atoms with Crippen LogP contribution in [0.5, 0.6) is 23.0 Å². The van der Waals surface area contributed by atoms with Gasteiger partial charge in [0.05, 0.1) is 19.6 Å². The lowest BCUT2D eigenvalue weighted by molar-refractivity contribution is 0.0702. The van der Waals surface area contributed by atoms with Crippen LogP contribution in [0.4, 0.5) is 0 Å². The van der Waals surface area contributed by atoms with Gasteiger partial charge >= 0.3 is 5.97 Å². The summed E-state index contributed by atoms with van der Waals surface area (Å²) in [6.07, 6.45) is 4.41. The third-order valence-corrected chi connectivity index (χ3v) is 7.21. The first-order chi connectivity index (χ1) is 19.9. The molecule has 1 unspecified atom stereocenters. The van der Waals surface area contributed by atoms with Crippen LogP contribution in [0.15, 0.2) is 76.5 Å². The average Bonchev–Trinajstić information content (AvgIpc) is 3.32. The molecule has 1 atom stereocenters. The standard InChI is InChI=1S/C33H32N2O6/c1-4-5-6-9-16-38-27-15-12-21(17-29(27)37-3)30-24-14-13-22(18-28(24)41-32(35)25(30)19-34)39-33(36)31-20(2)23-10-7-8-11-26(23)40-31/h7-8,10-15,17-18,30H,4-6,9,16,35H2,1-3H3. The van der Waals surface area contributed by atoms with Gasteiger partial charge in [0.1, 0.15) is 28.7 Å². The summed E-state index contributed by atoms with van der Waals surface area (Å²) in [4.78, 5) is 13.0. The molecule has 4 aromatic rings. The van der Waals surface area contributed by atoms with E-state index in [4.69, 9.17) is 29.1 Å². The molecule has 3 aromatic carbocycles. The number of fused-ring (bicyclic) bond motifs is 2. The highest BCUT2D eigenvalue weighted by molar-refractivity contribution is 5.96. The minimum Gasteiger partial charge on any atom is -0.493 e. The second-order valence-corrected chi connectivity index (χ2v) is 9.89. The monoisotopic (exact) mass is 552 g/mol. The number of hydrogen-bond acceptors (Lipinski definition) is 8. The largest absolute Gasteiger partial charge is 0.493 e. The molecular weight excluding hydrogens is 520 g/mol. The Morgan fingerprint density at radius 2 is 1.88 bits per heavy atom. The van der Waals surface area contributed by atoms with E-state index >= 15 is 0 Å². The van der Waals surface area contributed by atoms with Crippen molar-refractivity contribution < 1.29 is 28.2 Å². The molecule has 8 heteroatoms. The first-order valence-electron chi connectivity index (χ1n) is 13.7. The Morgan fingerprint density at radius 3 is 2.63 bits per heavy atom. The second-order valence-electron chi connectivity index (χ2n) is 9.89. The van der Waals surface area contributed by atoms with Gasteiger partial charge in [0, 0.05) is 22.6 Å². The maximum Gasteiger partial charge on any atom is 0.379 e. The normalized spacial score (nSPS) is 14.2.